The number of hydrogen-bond acceptors (Lipinski definition) is 4. The van der Waals surface area contributed by atoms with Crippen LogP contribution in [0.3, 0.4) is 0 Å². The van der Waals surface area contributed by atoms with Gasteiger partial charge in [-0.25, -0.2) is 9.82 Å². The molecule has 148 valence electrons. The van der Waals surface area contributed by atoms with Crippen molar-refractivity contribution in [3.63, 3.8) is 0 Å². The number of methoxy groups -OCH3 is 1. The van der Waals surface area contributed by atoms with Crippen molar-refractivity contribution < 1.29 is 18.7 Å². The number of hydrogen-bond donors (Lipinski definition) is 1. The van der Waals surface area contributed by atoms with Crippen molar-refractivity contribution in [3.8, 4) is 11.5 Å². The molecule has 29 heavy (non-hydrogen) atoms. The summed E-state index contributed by atoms with van der Waals surface area (Å²) in [5, 5.41) is 4.26. The highest BCUT2D eigenvalue weighted by atomic mass is 35.5. The normalized spacial score (nSPS) is 10.7. The second-order valence-corrected chi connectivity index (χ2v) is 6.42. The van der Waals surface area contributed by atoms with E-state index in [9.17, 15) is 9.18 Å². The van der Waals surface area contributed by atoms with E-state index in [2.05, 4.69) is 10.5 Å². The van der Waals surface area contributed by atoms with Crippen LogP contribution in [-0.4, -0.2) is 19.2 Å². The van der Waals surface area contributed by atoms with Gasteiger partial charge < -0.3 is 9.47 Å². The number of ether oxygens (including phenoxy) is 2. The van der Waals surface area contributed by atoms with Gasteiger partial charge in [0.25, 0.3) is 5.91 Å². The Morgan fingerprint density at radius 3 is 2.55 bits per heavy atom. The van der Waals surface area contributed by atoms with Crippen molar-refractivity contribution in [1.29, 1.82) is 0 Å². The molecule has 5 nitrogen and oxygen atoms in total. The molecule has 0 fully saturated rings. The molecule has 0 atom stereocenters. The van der Waals surface area contributed by atoms with E-state index in [0.717, 1.165) is 5.56 Å². The van der Waals surface area contributed by atoms with Crippen LogP contribution in [0.1, 0.15) is 21.5 Å². The molecule has 0 saturated heterocycles. The molecule has 1 N–H and O–H groups in total. The second-order valence-electron chi connectivity index (χ2n) is 6.01. The molecule has 1 amide bonds. The molecule has 0 spiro atoms. The summed E-state index contributed by atoms with van der Waals surface area (Å²) in [6.07, 6.45) is 1.43. The van der Waals surface area contributed by atoms with Crippen LogP contribution in [0.2, 0.25) is 5.02 Å². The van der Waals surface area contributed by atoms with Crippen molar-refractivity contribution in [1.82, 2.24) is 5.43 Å². The topological polar surface area (TPSA) is 59.9 Å². The standard InChI is InChI=1S/C22H18ClFN2O3/c1-28-20-12-16(13-25-26-22(27)17-7-9-18(24)10-8-17)11-19(23)21(20)29-14-15-5-3-2-4-6-15/h2-13H,14H2,1H3,(H,26,27)/b25-13-. The summed E-state index contributed by atoms with van der Waals surface area (Å²) >= 11 is 6.34. The summed E-state index contributed by atoms with van der Waals surface area (Å²) in [5.41, 5.74) is 4.28. The predicted molar refractivity (Wildman–Crippen MR) is 110 cm³/mol. The van der Waals surface area contributed by atoms with Crippen LogP contribution in [0.25, 0.3) is 0 Å². The number of rotatable bonds is 7. The van der Waals surface area contributed by atoms with Crippen LogP contribution in [0.5, 0.6) is 11.5 Å². The minimum absolute atomic E-state index is 0.295. The Labute approximate surface area is 172 Å². The van der Waals surface area contributed by atoms with E-state index in [0.29, 0.717) is 34.3 Å². The Bertz CT molecular complexity index is 1010. The summed E-state index contributed by atoms with van der Waals surface area (Å²) < 4.78 is 24.1. The van der Waals surface area contributed by atoms with Crippen molar-refractivity contribution in [2.24, 2.45) is 5.10 Å². The van der Waals surface area contributed by atoms with Gasteiger partial charge in [-0.1, -0.05) is 41.9 Å². The average molecular weight is 413 g/mol. The Kier molecular flexibility index (Phi) is 6.81. The predicted octanol–water partition coefficient (Wildman–Crippen LogP) is 4.83. The van der Waals surface area contributed by atoms with Crippen molar-refractivity contribution in [2.45, 2.75) is 6.61 Å². The lowest BCUT2D eigenvalue weighted by atomic mass is 10.2. The van der Waals surface area contributed by atoms with Crippen LogP contribution in [0.15, 0.2) is 71.8 Å². The van der Waals surface area contributed by atoms with Gasteiger partial charge in [0.15, 0.2) is 11.5 Å². The largest absolute Gasteiger partial charge is 0.493 e. The van der Waals surface area contributed by atoms with E-state index in [1.165, 1.54) is 37.6 Å². The first-order valence-corrected chi connectivity index (χ1v) is 9.08. The number of hydrazone groups is 1. The third-order valence-corrected chi connectivity index (χ3v) is 4.24. The van der Waals surface area contributed by atoms with E-state index >= 15 is 0 Å². The molecule has 7 heteroatoms. The fraction of sp³-hybridized carbons (Fsp3) is 0.0909. The molecule has 0 saturated carbocycles. The minimum Gasteiger partial charge on any atom is -0.493 e. The molecule has 0 aromatic heterocycles. The molecule has 0 aliphatic rings. The summed E-state index contributed by atoms with van der Waals surface area (Å²) in [6.45, 7) is 0.345. The molecule has 3 aromatic carbocycles. The zero-order chi connectivity index (χ0) is 20.6. The number of nitrogens with zero attached hydrogens (tertiary/aromatic N) is 1. The molecule has 0 aliphatic heterocycles. The maximum atomic E-state index is 12.9. The quantitative estimate of drug-likeness (QED) is 0.446. The Morgan fingerprint density at radius 1 is 1.14 bits per heavy atom. The van der Waals surface area contributed by atoms with Crippen LogP contribution >= 0.6 is 11.6 Å². The Morgan fingerprint density at radius 2 is 1.86 bits per heavy atom. The van der Waals surface area contributed by atoms with Crippen LogP contribution in [0, 0.1) is 5.82 Å². The monoisotopic (exact) mass is 412 g/mol. The number of halogens is 2. The Balaban J connectivity index is 1.68. The zero-order valence-corrected chi connectivity index (χ0v) is 16.3. The Hall–Kier alpha value is -3.38. The molecule has 3 rings (SSSR count). The highest BCUT2D eigenvalue weighted by Gasteiger charge is 2.12. The van der Waals surface area contributed by atoms with Crippen LogP contribution in [0.4, 0.5) is 4.39 Å². The summed E-state index contributed by atoms with van der Waals surface area (Å²) in [7, 11) is 1.51. The summed E-state index contributed by atoms with van der Waals surface area (Å²) in [4.78, 5) is 12.0. The minimum atomic E-state index is -0.456. The molecular formula is C22H18ClFN2O3. The highest BCUT2D eigenvalue weighted by molar-refractivity contribution is 6.32. The van der Waals surface area contributed by atoms with Crippen LogP contribution in [-0.2, 0) is 6.61 Å². The number of carbonyl (C=O) groups is 1. The van der Waals surface area contributed by atoms with Gasteiger partial charge >= 0.3 is 0 Å². The van der Waals surface area contributed by atoms with Crippen molar-refractivity contribution in [2.75, 3.05) is 7.11 Å². The average Bonchev–Trinajstić information content (AvgIpc) is 2.73. The van der Waals surface area contributed by atoms with E-state index in [4.69, 9.17) is 21.1 Å². The van der Waals surface area contributed by atoms with E-state index in [1.807, 2.05) is 30.3 Å². The van der Waals surface area contributed by atoms with E-state index < -0.39 is 11.7 Å². The molecule has 0 unspecified atom stereocenters. The second kappa shape index (κ2) is 9.71. The fourth-order valence-electron chi connectivity index (χ4n) is 2.52. The molecule has 0 aliphatic carbocycles. The van der Waals surface area contributed by atoms with Gasteiger partial charge in [0.05, 0.1) is 18.3 Å². The van der Waals surface area contributed by atoms with Gasteiger partial charge in [-0.3, -0.25) is 4.79 Å². The van der Waals surface area contributed by atoms with Gasteiger partial charge in [-0.05, 0) is 47.5 Å². The lowest BCUT2D eigenvalue weighted by Crippen LogP contribution is -2.17. The molecule has 0 bridgehead atoms. The number of benzene rings is 3. The van der Waals surface area contributed by atoms with E-state index in [-0.39, 0.29) is 0 Å². The van der Waals surface area contributed by atoms with Gasteiger partial charge in [0.2, 0.25) is 0 Å². The maximum absolute atomic E-state index is 12.9. The SMILES string of the molecule is COc1cc(/C=N\NC(=O)c2ccc(F)cc2)cc(Cl)c1OCc1ccccc1. The number of amides is 1. The lowest BCUT2D eigenvalue weighted by molar-refractivity contribution is 0.0955. The van der Waals surface area contributed by atoms with Gasteiger partial charge in [0.1, 0.15) is 12.4 Å². The highest BCUT2D eigenvalue weighted by Crippen LogP contribution is 2.36. The van der Waals surface area contributed by atoms with Gasteiger partial charge in [-0.15, -0.1) is 0 Å². The van der Waals surface area contributed by atoms with Crippen molar-refractivity contribution >= 4 is 23.7 Å². The smallest absolute Gasteiger partial charge is 0.271 e. The zero-order valence-electron chi connectivity index (χ0n) is 15.6. The summed E-state index contributed by atoms with van der Waals surface area (Å²) in [6, 6.07) is 18.2. The molecule has 3 aromatic rings. The fourth-order valence-corrected chi connectivity index (χ4v) is 2.79. The van der Waals surface area contributed by atoms with Gasteiger partial charge in [-0.2, -0.15) is 5.10 Å². The first kappa shape index (κ1) is 20.4. The summed E-state index contributed by atoms with van der Waals surface area (Å²) in [5.74, 6) is -0.00579. The lowest BCUT2D eigenvalue weighted by Gasteiger charge is -2.13. The van der Waals surface area contributed by atoms with E-state index in [1.54, 1.807) is 12.1 Å². The van der Waals surface area contributed by atoms with Crippen molar-refractivity contribution in [3.05, 3.63) is 94.3 Å². The molecule has 0 heterocycles. The third kappa shape index (κ3) is 5.56. The molecule has 0 radical (unpaired) electrons. The molecular weight excluding hydrogens is 395 g/mol. The first-order chi connectivity index (χ1) is 14.1. The maximum Gasteiger partial charge on any atom is 0.271 e. The third-order valence-electron chi connectivity index (χ3n) is 3.96. The number of carbonyl (C=O) groups excluding carboxylic acids is 1. The van der Waals surface area contributed by atoms with Gasteiger partial charge in [0, 0.05) is 5.56 Å². The van der Waals surface area contributed by atoms with Crippen LogP contribution < -0.4 is 14.9 Å². The number of nitrogens with one attached hydrogen (secondary N) is 1. The first-order valence-electron chi connectivity index (χ1n) is 8.70.